The lowest BCUT2D eigenvalue weighted by atomic mass is 10.2. The molecule has 3 rings (SSSR count). The lowest BCUT2D eigenvalue weighted by Gasteiger charge is -2.13. The van der Waals surface area contributed by atoms with E-state index in [0.717, 1.165) is 5.56 Å². The fraction of sp³-hybridized carbons (Fsp3) is 0.143. The van der Waals surface area contributed by atoms with Gasteiger partial charge in [0.1, 0.15) is 11.5 Å². The van der Waals surface area contributed by atoms with Gasteiger partial charge in [-0.1, -0.05) is 23.7 Å². The van der Waals surface area contributed by atoms with Crippen LogP contribution in [-0.2, 0) is 16.6 Å². The molecular weight excluding hydrogens is 428 g/mol. The number of methoxy groups -OCH3 is 1. The zero-order chi connectivity index (χ0) is 21.7. The average molecular weight is 447 g/mol. The molecule has 1 amide bonds. The number of carbonyl (C=O) groups excluding carboxylic acids is 1. The largest absolute Gasteiger partial charge is 0.493 e. The number of rotatable bonds is 7. The monoisotopic (exact) mass is 446 g/mol. The van der Waals surface area contributed by atoms with Gasteiger partial charge in [-0.3, -0.25) is 9.78 Å². The maximum Gasteiger partial charge on any atom is 0.266 e. The van der Waals surface area contributed by atoms with Crippen molar-refractivity contribution in [3.05, 3.63) is 82.6 Å². The number of ether oxygens (including phenoxy) is 2. The minimum absolute atomic E-state index is 0.0349. The summed E-state index contributed by atoms with van der Waals surface area (Å²) >= 11 is 6.03. The van der Waals surface area contributed by atoms with E-state index in [1.807, 2.05) is 16.9 Å². The zero-order valence-corrected chi connectivity index (χ0v) is 17.8. The molecule has 30 heavy (non-hydrogen) atoms. The molecule has 0 saturated heterocycles. The molecule has 0 saturated carbocycles. The Balaban J connectivity index is 1.79. The highest BCUT2D eigenvalue weighted by molar-refractivity contribution is 7.90. The Morgan fingerprint density at radius 2 is 1.83 bits per heavy atom. The summed E-state index contributed by atoms with van der Waals surface area (Å²) in [6.45, 7) is 1.88. The molecule has 0 bridgehead atoms. The van der Waals surface area contributed by atoms with Gasteiger partial charge in [-0.25, -0.2) is 13.1 Å². The summed E-state index contributed by atoms with van der Waals surface area (Å²) < 4.78 is 38.4. The first-order valence-corrected chi connectivity index (χ1v) is 10.7. The summed E-state index contributed by atoms with van der Waals surface area (Å²) in [5.41, 5.74) is 1.44. The third-order valence-electron chi connectivity index (χ3n) is 4.23. The Hall–Kier alpha value is -3.10. The Morgan fingerprint density at radius 3 is 2.50 bits per heavy atom. The molecule has 0 atom stereocenters. The van der Waals surface area contributed by atoms with E-state index in [-0.39, 0.29) is 22.1 Å². The van der Waals surface area contributed by atoms with Crippen molar-refractivity contribution in [2.24, 2.45) is 0 Å². The molecule has 1 aromatic heterocycles. The maximum absolute atomic E-state index is 12.7. The minimum atomic E-state index is -4.15. The molecule has 0 aliphatic heterocycles. The van der Waals surface area contributed by atoms with Crippen LogP contribution in [0.3, 0.4) is 0 Å². The first kappa shape index (κ1) is 21.6. The van der Waals surface area contributed by atoms with E-state index in [0.29, 0.717) is 17.1 Å². The molecule has 156 valence electrons. The second-order valence-electron chi connectivity index (χ2n) is 6.33. The predicted octanol–water partition coefficient (Wildman–Crippen LogP) is 3.75. The van der Waals surface area contributed by atoms with Crippen molar-refractivity contribution in [3.8, 4) is 11.5 Å². The van der Waals surface area contributed by atoms with E-state index in [9.17, 15) is 13.2 Å². The van der Waals surface area contributed by atoms with Crippen LogP contribution in [0, 0.1) is 6.92 Å². The van der Waals surface area contributed by atoms with Crippen LogP contribution < -0.4 is 14.2 Å². The molecule has 9 heteroatoms. The van der Waals surface area contributed by atoms with Crippen LogP contribution in [-0.4, -0.2) is 26.4 Å². The van der Waals surface area contributed by atoms with Gasteiger partial charge >= 0.3 is 0 Å². The molecule has 1 heterocycles. The maximum atomic E-state index is 12.7. The van der Waals surface area contributed by atoms with Crippen molar-refractivity contribution in [1.29, 1.82) is 0 Å². The number of benzene rings is 2. The molecule has 3 aromatic rings. The van der Waals surface area contributed by atoms with Gasteiger partial charge in [-0.2, -0.15) is 0 Å². The summed E-state index contributed by atoms with van der Waals surface area (Å²) in [6, 6.07) is 12.7. The molecule has 1 N–H and O–H groups in total. The Labute approximate surface area is 179 Å². The number of hydrogen-bond donors (Lipinski definition) is 1. The first-order chi connectivity index (χ1) is 14.3. The second kappa shape index (κ2) is 9.15. The van der Waals surface area contributed by atoms with E-state index in [2.05, 4.69) is 4.98 Å². The number of carbonyl (C=O) groups is 1. The quantitative estimate of drug-likeness (QED) is 0.594. The number of amides is 1. The third-order valence-corrected chi connectivity index (χ3v) is 6.19. The van der Waals surface area contributed by atoms with Gasteiger partial charge in [0.25, 0.3) is 15.9 Å². The topological polar surface area (TPSA) is 94.6 Å². The summed E-state index contributed by atoms with van der Waals surface area (Å²) in [7, 11) is -2.72. The fourth-order valence-electron chi connectivity index (χ4n) is 2.76. The van der Waals surface area contributed by atoms with Crippen LogP contribution in [0.4, 0.5) is 0 Å². The number of nitrogens with zero attached hydrogens (tertiary/aromatic N) is 1. The summed E-state index contributed by atoms with van der Waals surface area (Å²) in [6.07, 6.45) is 3.31. The number of sulfonamides is 1. The molecule has 0 aliphatic carbocycles. The molecule has 0 fully saturated rings. The summed E-state index contributed by atoms with van der Waals surface area (Å²) in [5, 5.41) is 0.0349. The van der Waals surface area contributed by atoms with Crippen LogP contribution >= 0.6 is 11.6 Å². The van der Waals surface area contributed by atoms with Crippen molar-refractivity contribution < 1.29 is 22.7 Å². The molecule has 7 nitrogen and oxygen atoms in total. The normalized spacial score (nSPS) is 11.0. The van der Waals surface area contributed by atoms with E-state index >= 15 is 0 Å². The van der Waals surface area contributed by atoms with E-state index in [1.165, 1.54) is 25.3 Å². The van der Waals surface area contributed by atoms with Crippen LogP contribution in [0.2, 0.25) is 5.02 Å². The molecular formula is C21H19ClN2O5S. The van der Waals surface area contributed by atoms with Crippen LogP contribution in [0.15, 0.2) is 65.8 Å². The lowest BCUT2D eigenvalue weighted by molar-refractivity contribution is 0.0981. The molecule has 0 radical (unpaired) electrons. The van der Waals surface area contributed by atoms with Crippen molar-refractivity contribution in [2.75, 3.05) is 7.11 Å². The highest BCUT2D eigenvalue weighted by Gasteiger charge is 2.24. The number of aromatic nitrogens is 1. The van der Waals surface area contributed by atoms with Crippen molar-refractivity contribution >= 4 is 27.5 Å². The molecule has 0 unspecified atom stereocenters. The minimum Gasteiger partial charge on any atom is -0.493 e. The van der Waals surface area contributed by atoms with Gasteiger partial charge in [0.15, 0.2) is 11.5 Å². The Bertz CT molecular complexity index is 1150. The number of pyridine rings is 1. The zero-order valence-electron chi connectivity index (χ0n) is 16.3. The standard InChI is InChI=1S/C21H19ClN2O5S/c1-14-4-3-5-17(22)20(14)30(26,27)24-21(25)16-6-7-18(19(12-16)28-2)29-13-15-8-10-23-11-9-15/h3-12H,13H2,1-2H3,(H,24,25). The summed E-state index contributed by atoms with van der Waals surface area (Å²) in [4.78, 5) is 16.4. The Kier molecular flexibility index (Phi) is 6.59. The number of halogens is 1. The van der Waals surface area contributed by atoms with Gasteiger partial charge in [0.2, 0.25) is 0 Å². The number of nitrogens with one attached hydrogen (secondary N) is 1. The number of aryl methyl sites for hydroxylation is 1. The van der Waals surface area contributed by atoms with Gasteiger partial charge in [0, 0.05) is 18.0 Å². The predicted molar refractivity (Wildman–Crippen MR) is 112 cm³/mol. The third kappa shape index (κ3) is 4.90. The molecule has 0 spiro atoms. The van der Waals surface area contributed by atoms with Crippen molar-refractivity contribution in [2.45, 2.75) is 18.4 Å². The van der Waals surface area contributed by atoms with Gasteiger partial charge in [-0.05, 0) is 54.4 Å². The highest BCUT2D eigenvalue weighted by atomic mass is 35.5. The van der Waals surface area contributed by atoms with E-state index < -0.39 is 15.9 Å². The first-order valence-electron chi connectivity index (χ1n) is 8.84. The highest BCUT2D eigenvalue weighted by Crippen LogP contribution is 2.29. The smallest absolute Gasteiger partial charge is 0.266 e. The second-order valence-corrected chi connectivity index (χ2v) is 8.36. The molecule has 2 aromatic carbocycles. The van der Waals surface area contributed by atoms with Crippen LogP contribution in [0.5, 0.6) is 11.5 Å². The summed E-state index contributed by atoms with van der Waals surface area (Å²) in [5.74, 6) is -0.105. The Morgan fingerprint density at radius 1 is 1.10 bits per heavy atom. The number of hydrogen-bond acceptors (Lipinski definition) is 6. The van der Waals surface area contributed by atoms with Gasteiger partial charge in [0.05, 0.1) is 12.1 Å². The van der Waals surface area contributed by atoms with E-state index in [1.54, 1.807) is 37.5 Å². The van der Waals surface area contributed by atoms with Gasteiger partial charge in [-0.15, -0.1) is 0 Å². The lowest BCUT2D eigenvalue weighted by Crippen LogP contribution is -2.31. The van der Waals surface area contributed by atoms with Crippen molar-refractivity contribution in [1.82, 2.24) is 9.71 Å². The fourth-order valence-corrected chi connectivity index (χ4v) is 4.56. The average Bonchev–Trinajstić information content (AvgIpc) is 2.72. The molecule has 0 aliphatic rings. The van der Waals surface area contributed by atoms with E-state index in [4.69, 9.17) is 21.1 Å². The SMILES string of the molecule is COc1cc(C(=O)NS(=O)(=O)c2c(C)cccc2Cl)ccc1OCc1ccncc1. The van der Waals surface area contributed by atoms with Crippen LogP contribution in [0.25, 0.3) is 0 Å². The van der Waals surface area contributed by atoms with Crippen molar-refractivity contribution in [3.63, 3.8) is 0 Å². The van der Waals surface area contributed by atoms with Gasteiger partial charge < -0.3 is 9.47 Å². The van der Waals surface area contributed by atoms with Crippen LogP contribution in [0.1, 0.15) is 21.5 Å².